The van der Waals surface area contributed by atoms with Crippen LogP contribution in [0.2, 0.25) is 15.1 Å². The number of halogens is 10. The molecule has 2 aromatic carbocycles. The highest BCUT2D eigenvalue weighted by Crippen LogP contribution is 2.42. The van der Waals surface area contributed by atoms with E-state index in [0.717, 1.165) is 12.1 Å². The Bertz CT molecular complexity index is 1080. The smallest absolute Gasteiger partial charge is 0.346 e. The van der Waals surface area contributed by atoms with Crippen molar-refractivity contribution in [1.82, 2.24) is 10.6 Å². The predicted octanol–water partition coefficient (Wildman–Crippen LogP) is 7.38. The van der Waals surface area contributed by atoms with E-state index < -0.39 is 48.7 Å². The summed E-state index contributed by atoms with van der Waals surface area (Å²) in [6.45, 7) is -0.230. The van der Waals surface area contributed by atoms with E-state index in [1.54, 1.807) is 12.2 Å². The fourth-order valence-electron chi connectivity index (χ4n) is 2.99. The van der Waals surface area contributed by atoms with Crippen LogP contribution in [0.15, 0.2) is 36.4 Å². The van der Waals surface area contributed by atoms with Crippen molar-refractivity contribution in [2.75, 3.05) is 13.1 Å². The molecule has 3 nitrogen and oxygen atoms in total. The Hall–Kier alpha value is -2.01. The highest BCUT2D eigenvalue weighted by Gasteiger charge is 2.40. The summed E-state index contributed by atoms with van der Waals surface area (Å²) in [4.78, 5) is 11.4. The van der Waals surface area contributed by atoms with Crippen LogP contribution in [0.3, 0.4) is 0 Å². The summed E-state index contributed by atoms with van der Waals surface area (Å²) in [5.74, 6) is -4.37. The summed E-state index contributed by atoms with van der Waals surface area (Å²) in [6, 6.07) is 5.90. The number of rotatable bonds is 8. The number of alkyl halides is 6. The Balaban J connectivity index is 2.16. The van der Waals surface area contributed by atoms with Gasteiger partial charge in [0.2, 0.25) is 5.91 Å². The molecule has 192 valence electrons. The molecule has 0 spiro atoms. The molecule has 0 aliphatic heterocycles. The number of benzene rings is 2. The Kier molecular flexibility index (Phi) is 9.87. The first-order chi connectivity index (χ1) is 16.1. The zero-order chi connectivity index (χ0) is 26.6. The number of allylic oxidation sites excluding steroid dienone is 1. The van der Waals surface area contributed by atoms with E-state index in [9.17, 15) is 35.5 Å². The number of hydrogen-bond donors (Lipinski definition) is 2. The minimum atomic E-state index is -4.86. The Morgan fingerprint density at radius 3 is 2.14 bits per heavy atom. The van der Waals surface area contributed by atoms with Gasteiger partial charge in [-0.25, -0.2) is 4.39 Å². The molecule has 0 aromatic heterocycles. The molecule has 1 atom stereocenters. The minimum Gasteiger partial charge on any atom is -0.346 e. The lowest BCUT2D eigenvalue weighted by Gasteiger charge is -2.19. The average Bonchev–Trinajstić information content (AvgIpc) is 2.73. The minimum absolute atomic E-state index is 0.0594. The largest absolute Gasteiger partial charge is 0.405 e. The SMILES string of the molecule is Cc1cc(/C(F)=C/C(c2cc(Cl)c(Cl)c(Cl)c2)C(F)(F)F)ccc1CNCC(=O)NCC(F)(F)F. The lowest BCUT2D eigenvalue weighted by atomic mass is 9.96. The molecular weight excluding hydrogens is 548 g/mol. The normalized spacial score (nSPS) is 13.6. The number of aryl methyl sites for hydroxylation is 1. The fourth-order valence-corrected chi connectivity index (χ4v) is 3.60. The molecular formula is C22H18Cl3F7N2O. The standard InChI is InChI=1S/C22H18Cl3F7N2O/c1-11-4-12(2-3-13(11)8-33-9-19(35)34-10-21(27,28)29)18(26)7-15(22(30,31)32)14-5-16(23)20(25)17(24)6-14/h2-7,15,33H,8-10H2,1H3,(H,34,35)/b18-7-. The summed E-state index contributed by atoms with van der Waals surface area (Å²) in [5.41, 5.74) is 0.521. The topological polar surface area (TPSA) is 41.1 Å². The van der Waals surface area contributed by atoms with E-state index in [2.05, 4.69) is 5.32 Å². The van der Waals surface area contributed by atoms with Crippen molar-refractivity contribution >= 4 is 46.5 Å². The summed E-state index contributed by atoms with van der Waals surface area (Å²) < 4.78 is 92.2. The van der Waals surface area contributed by atoms with Crippen LogP contribution >= 0.6 is 34.8 Å². The second-order valence-electron chi connectivity index (χ2n) is 7.47. The number of carbonyl (C=O) groups is 1. The van der Waals surface area contributed by atoms with Crippen LogP contribution in [0.1, 0.15) is 28.2 Å². The predicted molar refractivity (Wildman–Crippen MR) is 121 cm³/mol. The second kappa shape index (κ2) is 11.8. The van der Waals surface area contributed by atoms with Crippen molar-refractivity contribution in [1.29, 1.82) is 0 Å². The van der Waals surface area contributed by atoms with Gasteiger partial charge in [0.25, 0.3) is 0 Å². The quantitative estimate of drug-likeness (QED) is 0.259. The van der Waals surface area contributed by atoms with E-state index in [-0.39, 0.29) is 27.2 Å². The van der Waals surface area contributed by atoms with Gasteiger partial charge >= 0.3 is 12.4 Å². The first-order valence-electron chi connectivity index (χ1n) is 9.81. The zero-order valence-electron chi connectivity index (χ0n) is 17.9. The molecule has 0 saturated heterocycles. The van der Waals surface area contributed by atoms with Crippen LogP contribution in [0.4, 0.5) is 30.7 Å². The molecule has 0 radical (unpaired) electrons. The van der Waals surface area contributed by atoms with Gasteiger partial charge < -0.3 is 10.6 Å². The molecule has 0 fully saturated rings. The van der Waals surface area contributed by atoms with Gasteiger partial charge in [-0.05, 0) is 47.9 Å². The van der Waals surface area contributed by atoms with Crippen LogP contribution in [-0.2, 0) is 11.3 Å². The summed E-state index contributed by atoms with van der Waals surface area (Å²) in [6.07, 6.45) is -8.99. The maximum Gasteiger partial charge on any atom is 0.405 e. The van der Waals surface area contributed by atoms with Crippen molar-refractivity contribution in [3.8, 4) is 0 Å². The monoisotopic (exact) mass is 564 g/mol. The summed E-state index contributed by atoms with van der Waals surface area (Å²) >= 11 is 17.4. The number of carbonyl (C=O) groups excluding carboxylic acids is 1. The van der Waals surface area contributed by atoms with Crippen LogP contribution in [0.5, 0.6) is 0 Å². The molecule has 2 aromatic rings. The Labute approximate surface area is 211 Å². The van der Waals surface area contributed by atoms with Crippen LogP contribution in [0.25, 0.3) is 5.83 Å². The fraction of sp³-hybridized carbons (Fsp3) is 0.318. The molecule has 1 amide bonds. The van der Waals surface area contributed by atoms with Gasteiger partial charge in [0.1, 0.15) is 18.3 Å². The van der Waals surface area contributed by atoms with Crippen LogP contribution < -0.4 is 10.6 Å². The maximum atomic E-state index is 14.8. The molecule has 1 unspecified atom stereocenters. The molecule has 0 saturated carbocycles. The zero-order valence-corrected chi connectivity index (χ0v) is 20.1. The van der Waals surface area contributed by atoms with Gasteiger partial charge in [0.15, 0.2) is 0 Å². The molecule has 13 heteroatoms. The third-order valence-electron chi connectivity index (χ3n) is 4.74. The van der Waals surface area contributed by atoms with Crippen molar-refractivity contribution in [3.05, 3.63) is 73.7 Å². The summed E-state index contributed by atoms with van der Waals surface area (Å²) in [5, 5.41) is 3.80. The highest BCUT2D eigenvalue weighted by atomic mass is 35.5. The number of amides is 1. The van der Waals surface area contributed by atoms with E-state index in [1.165, 1.54) is 18.2 Å². The third-order valence-corrected chi connectivity index (χ3v) is 5.93. The number of hydrogen-bond acceptors (Lipinski definition) is 2. The molecule has 0 aliphatic carbocycles. The van der Waals surface area contributed by atoms with Crippen molar-refractivity contribution in [2.45, 2.75) is 31.7 Å². The Morgan fingerprint density at radius 1 is 1.03 bits per heavy atom. The average molecular weight is 566 g/mol. The summed E-state index contributed by atoms with van der Waals surface area (Å²) in [7, 11) is 0. The van der Waals surface area contributed by atoms with Gasteiger partial charge in [-0.2, -0.15) is 26.3 Å². The Morgan fingerprint density at radius 2 is 1.63 bits per heavy atom. The van der Waals surface area contributed by atoms with Crippen LogP contribution in [0, 0.1) is 6.92 Å². The maximum absolute atomic E-state index is 14.8. The first-order valence-corrected chi connectivity index (χ1v) is 10.9. The molecule has 2 rings (SSSR count). The highest BCUT2D eigenvalue weighted by molar-refractivity contribution is 6.48. The van der Waals surface area contributed by atoms with Gasteiger partial charge in [-0.3, -0.25) is 4.79 Å². The molecule has 0 heterocycles. The van der Waals surface area contributed by atoms with E-state index in [0.29, 0.717) is 17.2 Å². The van der Waals surface area contributed by atoms with Gasteiger partial charge in [-0.1, -0.05) is 46.9 Å². The first kappa shape index (κ1) is 29.2. The van der Waals surface area contributed by atoms with Gasteiger partial charge in [-0.15, -0.1) is 0 Å². The van der Waals surface area contributed by atoms with Crippen LogP contribution in [-0.4, -0.2) is 31.3 Å². The third kappa shape index (κ3) is 8.86. The molecule has 0 bridgehead atoms. The lowest BCUT2D eigenvalue weighted by molar-refractivity contribution is -0.139. The van der Waals surface area contributed by atoms with E-state index >= 15 is 0 Å². The van der Waals surface area contributed by atoms with Gasteiger partial charge in [0, 0.05) is 12.1 Å². The molecule has 35 heavy (non-hydrogen) atoms. The van der Waals surface area contributed by atoms with Gasteiger partial charge in [0.05, 0.1) is 21.6 Å². The van der Waals surface area contributed by atoms with Crippen molar-refractivity contribution < 1.29 is 35.5 Å². The van der Waals surface area contributed by atoms with E-state index in [1.807, 2.05) is 0 Å². The molecule has 2 N–H and O–H groups in total. The number of nitrogens with one attached hydrogen (secondary N) is 2. The van der Waals surface area contributed by atoms with Crippen molar-refractivity contribution in [3.63, 3.8) is 0 Å². The second-order valence-corrected chi connectivity index (χ2v) is 8.66. The van der Waals surface area contributed by atoms with Crippen molar-refractivity contribution in [2.24, 2.45) is 0 Å². The van der Waals surface area contributed by atoms with E-state index in [4.69, 9.17) is 34.8 Å². The lowest BCUT2D eigenvalue weighted by Crippen LogP contribution is -2.39. The molecule has 0 aliphatic rings.